The molecule has 0 bridgehead atoms. The number of anilines is 1. The Labute approximate surface area is 159 Å². The predicted octanol–water partition coefficient (Wildman–Crippen LogP) is 2.62. The normalized spacial score (nSPS) is 16.8. The van der Waals surface area contributed by atoms with Gasteiger partial charge < -0.3 is 15.1 Å². The third-order valence-electron chi connectivity index (χ3n) is 5.25. The largest absolute Gasteiger partial charge is 0.356 e. The van der Waals surface area contributed by atoms with E-state index in [4.69, 9.17) is 9.97 Å². The minimum absolute atomic E-state index is 0.00838. The second-order valence-electron chi connectivity index (χ2n) is 7.09. The van der Waals surface area contributed by atoms with Gasteiger partial charge in [-0.3, -0.25) is 4.98 Å². The van der Waals surface area contributed by atoms with Gasteiger partial charge in [0.15, 0.2) is 5.82 Å². The van der Waals surface area contributed by atoms with E-state index < -0.39 is 0 Å². The number of pyridine rings is 1. The van der Waals surface area contributed by atoms with Gasteiger partial charge in [0, 0.05) is 56.1 Å². The van der Waals surface area contributed by atoms with Crippen molar-refractivity contribution >= 4 is 11.8 Å². The molecule has 2 aromatic heterocycles. The van der Waals surface area contributed by atoms with Gasteiger partial charge in [0.1, 0.15) is 5.82 Å². The van der Waals surface area contributed by atoms with E-state index in [0.29, 0.717) is 19.6 Å². The average molecular weight is 366 g/mol. The van der Waals surface area contributed by atoms with Crippen molar-refractivity contribution in [2.24, 2.45) is 0 Å². The van der Waals surface area contributed by atoms with E-state index in [-0.39, 0.29) is 6.03 Å². The predicted molar refractivity (Wildman–Crippen MR) is 105 cm³/mol. The number of carbonyl (C=O) groups excluding carboxylic acids is 1. The summed E-state index contributed by atoms with van der Waals surface area (Å²) in [6.45, 7) is 5.87. The fourth-order valence-electron chi connectivity index (χ4n) is 3.83. The Morgan fingerprint density at radius 3 is 2.63 bits per heavy atom. The second-order valence-corrected chi connectivity index (χ2v) is 7.09. The fourth-order valence-corrected chi connectivity index (χ4v) is 3.83. The lowest BCUT2D eigenvalue weighted by Crippen LogP contribution is -2.44. The van der Waals surface area contributed by atoms with Crippen LogP contribution in [0.15, 0.2) is 24.5 Å². The van der Waals surface area contributed by atoms with Crippen LogP contribution in [0.3, 0.4) is 0 Å². The van der Waals surface area contributed by atoms with E-state index in [2.05, 4.69) is 15.2 Å². The van der Waals surface area contributed by atoms with Gasteiger partial charge in [0.25, 0.3) is 0 Å². The highest BCUT2D eigenvalue weighted by molar-refractivity contribution is 5.75. The Morgan fingerprint density at radius 1 is 1.11 bits per heavy atom. The van der Waals surface area contributed by atoms with E-state index in [1.54, 1.807) is 12.4 Å². The zero-order valence-corrected chi connectivity index (χ0v) is 15.8. The van der Waals surface area contributed by atoms with Gasteiger partial charge in [0.05, 0.1) is 12.2 Å². The maximum Gasteiger partial charge on any atom is 0.317 e. The topological polar surface area (TPSA) is 74.2 Å². The molecule has 2 amide bonds. The van der Waals surface area contributed by atoms with Gasteiger partial charge in [-0.15, -0.1) is 0 Å². The number of carbonyl (C=O) groups is 1. The smallest absolute Gasteiger partial charge is 0.317 e. The van der Waals surface area contributed by atoms with Crippen molar-refractivity contribution < 1.29 is 4.79 Å². The van der Waals surface area contributed by atoms with Crippen LogP contribution in [0.25, 0.3) is 11.4 Å². The first-order valence-corrected chi connectivity index (χ1v) is 9.84. The Balaban J connectivity index is 1.73. The molecule has 0 saturated carbocycles. The molecule has 0 spiro atoms. The third kappa shape index (κ3) is 3.72. The monoisotopic (exact) mass is 366 g/mol. The number of nitrogens with one attached hydrogen (secondary N) is 1. The van der Waals surface area contributed by atoms with Gasteiger partial charge in [-0.2, -0.15) is 0 Å². The lowest BCUT2D eigenvalue weighted by atomic mass is 10.0. The fraction of sp³-hybridized carbons (Fsp3) is 0.500. The summed E-state index contributed by atoms with van der Waals surface area (Å²) < 4.78 is 0. The van der Waals surface area contributed by atoms with Gasteiger partial charge in [-0.1, -0.05) is 0 Å². The van der Waals surface area contributed by atoms with Gasteiger partial charge >= 0.3 is 6.03 Å². The molecule has 4 rings (SSSR count). The number of piperidine rings is 1. The zero-order chi connectivity index (χ0) is 18.6. The highest BCUT2D eigenvalue weighted by atomic mass is 16.2. The van der Waals surface area contributed by atoms with E-state index in [1.165, 1.54) is 19.3 Å². The Hall–Kier alpha value is -2.70. The summed E-state index contributed by atoms with van der Waals surface area (Å²) >= 11 is 0. The molecule has 4 heterocycles. The van der Waals surface area contributed by atoms with Gasteiger partial charge in [0.2, 0.25) is 0 Å². The summed E-state index contributed by atoms with van der Waals surface area (Å²) in [4.78, 5) is 30.5. The Morgan fingerprint density at radius 2 is 1.89 bits per heavy atom. The Kier molecular flexibility index (Phi) is 5.18. The molecule has 0 aliphatic carbocycles. The summed E-state index contributed by atoms with van der Waals surface area (Å²) in [7, 11) is 0. The highest BCUT2D eigenvalue weighted by Gasteiger charge is 2.28. The van der Waals surface area contributed by atoms with Crippen LogP contribution in [0.4, 0.5) is 10.6 Å². The lowest BCUT2D eigenvalue weighted by molar-refractivity contribution is 0.192. The molecule has 0 radical (unpaired) electrons. The van der Waals surface area contributed by atoms with Crippen molar-refractivity contribution in [3.05, 3.63) is 35.8 Å². The van der Waals surface area contributed by atoms with Crippen molar-refractivity contribution in [2.45, 2.75) is 39.2 Å². The van der Waals surface area contributed by atoms with Gasteiger partial charge in [-0.25, -0.2) is 14.8 Å². The lowest BCUT2D eigenvalue weighted by Gasteiger charge is -2.34. The van der Waals surface area contributed by atoms with Crippen molar-refractivity contribution in [2.75, 3.05) is 31.1 Å². The minimum atomic E-state index is -0.00838. The molecular weight excluding hydrogens is 340 g/mol. The molecular formula is C20H26N6O. The van der Waals surface area contributed by atoms with Crippen LogP contribution in [0.1, 0.15) is 37.4 Å². The zero-order valence-electron chi connectivity index (χ0n) is 15.8. The van der Waals surface area contributed by atoms with Crippen LogP contribution in [0.2, 0.25) is 0 Å². The maximum atomic E-state index is 12.3. The number of fused-ring (bicyclic) bond motifs is 1. The molecule has 27 heavy (non-hydrogen) atoms. The molecule has 0 unspecified atom stereocenters. The number of hydrogen-bond donors (Lipinski definition) is 1. The number of aromatic nitrogens is 3. The first kappa shape index (κ1) is 17.7. The number of nitrogens with zero attached hydrogens (tertiary/aromatic N) is 5. The second kappa shape index (κ2) is 7.90. The molecule has 7 heteroatoms. The van der Waals surface area contributed by atoms with Crippen LogP contribution in [0, 0.1) is 0 Å². The van der Waals surface area contributed by atoms with Crippen LogP contribution in [0.5, 0.6) is 0 Å². The molecule has 1 N–H and O–H groups in total. The van der Waals surface area contributed by atoms with E-state index >= 15 is 0 Å². The summed E-state index contributed by atoms with van der Waals surface area (Å²) in [5.41, 5.74) is 3.15. The summed E-state index contributed by atoms with van der Waals surface area (Å²) in [5.74, 6) is 1.75. The van der Waals surface area contributed by atoms with Crippen molar-refractivity contribution in [3.8, 4) is 11.4 Å². The van der Waals surface area contributed by atoms with Crippen LogP contribution < -0.4 is 10.2 Å². The molecule has 142 valence electrons. The number of amides is 2. The highest BCUT2D eigenvalue weighted by Crippen LogP contribution is 2.31. The van der Waals surface area contributed by atoms with Crippen molar-refractivity contribution in [3.63, 3.8) is 0 Å². The van der Waals surface area contributed by atoms with Crippen LogP contribution in [-0.2, 0) is 13.0 Å². The molecule has 2 aromatic rings. The van der Waals surface area contributed by atoms with E-state index in [0.717, 1.165) is 48.0 Å². The first-order valence-electron chi connectivity index (χ1n) is 9.84. The average Bonchev–Trinajstić information content (AvgIpc) is 2.74. The maximum absolute atomic E-state index is 12.3. The van der Waals surface area contributed by atoms with E-state index in [1.807, 2.05) is 24.0 Å². The molecule has 2 aliphatic heterocycles. The number of urea groups is 1. The summed E-state index contributed by atoms with van der Waals surface area (Å²) in [6, 6.07) is 3.89. The molecule has 0 aromatic carbocycles. The quantitative estimate of drug-likeness (QED) is 0.904. The number of hydrogen-bond acceptors (Lipinski definition) is 5. The molecule has 1 saturated heterocycles. The third-order valence-corrected chi connectivity index (χ3v) is 5.25. The SMILES string of the molecule is CCNC(=O)N1CCc2nc(-c3ccncc3)nc(N3CCCCC3)c2C1. The van der Waals surface area contributed by atoms with Crippen LogP contribution >= 0.6 is 0 Å². The van der Waals surface area contributed by atoms with Gasteiger partial charge in [-0.05, 0) is 38.3 Å². The molecule has 0 atom stereocenters. The first-order chi connectivity index (χ1) is 13.3. The summed E-state index contributed by atoms with van der Waals surface area (Å²) in [5, 5.41) is 2.91. The molecule has 7 nitrogen and oxygen atoms in total. The van der Waals surface area contributed by atoms with Crippen molar-refractivity contribution in [1.29, 1.82) is 0 Å². The summed E-state index contributed by atoms with van der Waals surface area (Å²) in [6.07, 6.45) is 7.94. The molecule has 2 aliphatic rings. The van der Waals surface area contributed by atoms with Crippen molar-refractivity contribution in [1.82, 2.24) is 25.2 Å². The Bertz CT molecular complexity index is 804. The number of rotatable bonds is 3. The standard InChI is InChI=1S/C20H26N6O/c1-2-22-20(27)26-13-8-17-16(14-26)19(25-11-4-3-5-12-25)24-18(23-17)15-6-9-21-10-7-15/h6-7,9-10H,2-5,8,11-14H2,1H3,(H,22,27). The van der Waals surface area contributed by atoms with Crippen LogP contribution in [-0.4, -0.2) is 52.1 Å². The minimum Gasteiger partial charge on any atom is -0.356 e. The van der Waals surface area contributed by atoms with E-state index in [9.17, 15) is 4.79 Å². The molecule has 1 fully saturated rings.